The fraction of sp³-hybridized carbons (Fsp3) is 0.333. The highest BCUT2D eigenvalue weighted by atomic mass is 79.9. The highest BCUT2D eigenvalue weighted by Crippen LogP contribution is 2.46. The first-order chi connectivity index (χ1) is 9.25. The summed E-state index contributed by atoms with van der Waals surface area (Å²) in [5.41, 5.74) is 2.26. The van der Waals surface area contributed by atoms with Gasteiger partial charge in [0.15, 0.2) is 0 Å². The lowest BCUT2D eigenvalue weighted by Gasteiger charge is -2.14. The fourth-order valence-corrected chi connectivity index (χ4v) is 2.89. The Morgan fingerprint density at radius 1 is 1.26 bits per heavy atom. The Bertz CT molecular complexity index is 593. The van der Waals surface area contributed by atoms with Crippen LogP contribution in [0.5, 0.6) is 0 Å². The van der Waals surface area contributed by atoms with Crippen LogP contribution < -0.4 is 5.32 Å². The van der Waals surface area contributed by atoms with E-state index in [9.17, 15) is 0 Å². The van der Waals surface area contributed by atoms with Crippen molar-refractivity contribution < 1.29 is 0 Å². The zero-order valence-electron chi connectivity index (χ0n) is 10.9. The van der Waals surface area contributed by atoms with Crippen molar-refractivity contribution in [2.24, 2.45) is 0 Å². The lowest BCUT2D eigenvalue weighted by atomic mass is 10.1. The fourth-order valence-electron chi connectivity index (χ4n) is 2.40. The molecule has 1 aliphatic rings. The molecule has 1 N–H and O–H groups in total. The zero-order chi connectivity index (χ0) is 13.3. The molecule has 0 bridgehead atoms. The third kappa shape index (κ3) is 2.42. The summed E-state index contributed by atoms with van der Waals surface area (Å²) in [6.07, 6.45) is 4.22. The van der Waals surface area contributed by atoms with Gasteiger partial charge in [-0.3, -0.25) is 0 Å². The Morgan fingerprint density at radius 3 is 2.74 bits per heavy atom. The maximum atomic E-state index is 4.78. The van der Waals surface area contributed by atoms with Crippen LogP contribution in [0.4, 0.5) is 0 Å². The van der Waals surface area contributed by atoms with Crippen LogP contribution in [0.3, 0.4) is 0 Å². The monoisotopic (exact) mass is 317 g/mol. The number of benzene rings is 1. The van der Waals surface area contributed by atoms with Crippen LogP contribution in [0.15, 0.2) is 41.0 Å². The molecule has 3 rings (SSSR count). The van der Waals surface area contributed by atoms with Crippen molar-refractivity contribution in [3.8, 4) is 11.3 Å². The second-order valence-electron chi connectivity index (χ2n) is 5.06. The van der Waals surface area contributed by atoms with E-state index in [1.165, 1.54) is 12.8 Å². The molecule has 0 spiro atoms. The topological polar surface area (TPSA) is 37.8 Å². The summed E-state index contributed by atoms with van der Waals surface area (Å²) in [4.78, 5) is 9.26. The van der Waals surface area contributed by atoms with Gasteiger partial charge in [-0.2, -0.15) is 0 Å². The number of hydrogen-bond donors (Lipinski definition) is 1. The minimum atomic E-state index is 0.159. The van der Waals surface area contributed by atoms with Crippen molar-refractivity contribution in [3.63, 3.8) is 0 Å². The molecule has 0 radical (unpaired) electrons. The van der Waals surface area contributed by atoms with Crippen molar-refractivity contribution in [2.45, 2.75) is 18.3 Å². The van der Waals surface area contributed by atoms with Gasteiger partial charge in [-0.15, -0.1) is 0 Å². The molecule has 1 heterocycles. The van der Waals surface area contributed by atoms with E-state index in [4.69, 9.17) is 4.98 Å². The molecule has 0 amide bonds. The number of likely N-dealkylation sites (N-methyl/N-ethyl adjacent to an activating group) is 1. The number of rotatable bonds is 4. The molecule has 0 unspecified atom stereocenters. The predicted octanol–water partition coefficient (Wildman–Crippen LogP) is 3.16. The van der Waals surface area contributed by atoms with Gasteiger partial charge in [-0.1, -0.05) is 34.1 Å². The van der Waals surface area contributed by atoms with E-state index in [-0.39, 0.29) is 5.41 Å². The zero-order valence-corrected chi connectivity index (χ0v) is 12.4. The molecular weight excluding hydrogens is 302 g/mol. The van der Waals surface area contributed by atoms with Gasteiger partial charge in [0.25, 0.3) is 0 Å². The number of halogens is 1. The van der Waals surface area contributed by atoms with Gasteiger partial charge in [-0.05, 0) is 32.0 Å². The first-order valence-electron chi connectivity index (χ1n) is 6.48. The van der Waals surface area contributed by atoms with Crippen LogP contribution in [0.2, 0.25) is 0 Å². The predicted molar refractivity (Wildman–Crippen MR) is 80.0 cm³/mol. The third-order valence-corrected chi connectivity index (χ3v) is 4.34. The summed E-state index contributed by atoms with van der Waals surface area (Å²) in [6.45, 7) is 0.951. The van der Waals surface area contributed by atoms with Crippen LogP contribution in [0, 0.1) is 0 Å². The second kappa shape index (κ2) is 5.02. The van der Waals surface area contributed by atoms with Crippen molar-refractivity contribution in [3.05, 3.63) is 46.8 Å². The van der Waals surface area contributed by atoms with Gasteiger partial charge in [0.1, 0.15) is 5.82 Å². The number of hydrogen-bond acceptors (Lipinski definition) is 3. The molecule has 1 aromatic carbocycles. The van der Waals surface area contributed by atoms with Gasteiger partial charge in [-0.25, -0.2) is 9.97 Å². The third-order valence-electron chi connectivity index (χ3n) is 3.65. The highest BCUT2D eigenvalue weighted by Gasteiger charge is 2.46. The lowest BCUT2D eigenvalue weighted by Crippen LogP contribution is -2.25. The minimum Gasteiger partial charge on any atom is -0.319 e. The van der Waals surface area contributed by atoms with E-state index < -0.39 is 0 Å². The van der Waals surface area contributed by atoms with Crippen LogP contribution in [0.25, 0.3) is 11.3 Å². The SMILES string of the molecule is CNCC1(c2nccc(-c3ccccc3Br)n2)CC1. The summed E-state index contributed by atoms with van der Waals surface area (Å²) in [5.74, 6) is 0.968. The van der Waals surface area contributed by atoms with Crippen molar-refractivity contribution >= 4 is 15.9 Å². The number of nitrogens with one attached hydrogen (secondary N) is 1. The lowest BCUT2D eigenvalue weighted by molar-refractivity contribution is 0.588. The second-order valence-corrected chi connectivity index (χ2v) is 5.91. The highest BCUT2D eigenvalue weighted by molar-refractivity contribution is 9.10. The van der Waals surface area contributed by atoms with E-state index in [0.717, 1.165) is 28.1 Å². The molecule has 2 aromatic rings. The molecule has 0 atom stereocenters. The summed E-state index contributed by atoms with van der Waals surface area (Å²) < 4.78 is 1.07. The van der Waals surface area contributed by atoms with Gasteiger partial charge >= 0.3 is 0 Å². The van der Waals surface area contributed by atoms with Crippen LogP contribution in [0.1, 0.15) is 18.7 Å². The van der Waals surface area contributed by atoms with Crippen molar-refractivity contribution in [1.82, 2.24) is 15.3 Å². The first-order valence-corrected chi connectivity index (χ1v) is 7.27. The summed E-state index contributed by atoms with van der Waals surface area (Å²) >= 11 is 3.58. The first kappa shape index (κ1) is 12.8. The molecule has 1 aromatic heterocycles. The molecule has 1 fully saturated rings. The van der Waals surface area contributed by atoms with Gasteiger partial charge in [0, 0.05) is 28.2 Å². The molecule has 1 saturated carbocycles. The van der Waals surface area contributed by atoms with Crippen molar-refractivity contribution in [2.75, 3.05) is 13.6 Å². The molecule has 0 aliphatic heterocycles. The summed E-state index contributed by atoms with van der Waals surface area (Å²) in [5, 5.41) is 3.25. The Balaban J connectivity index is 1.99. The average molecular weight is 318 g/mol. The largest absolute Gasteiger partial charge is 0.319 e. The molecule has 1 aliphatic carbocycles. The van der Waals surface area contributed by atoms with E-state index in [1.54, 1.807) is 0 Å². The number of nitrogens with zero attached hydrogens (tertiary/aromatic N) is 2. The normalized spacial score (nSPS) is 16.3. The Kier molecular flexibility index (Phi) is 3.37. The van der Waals surface area contributed by atoms with E-state index in [2.05, 4.69) is 32.3 Å². The van der Waals surface area contributed by atoms with Crippen LogP contribution >= 0.6 is 15.9 Å². The quantitative estimate of drug-likeness (QED) is 0.941. The molecule has 0 saturated heterocycles. The average Bonchev–Trinajstić information content (AvgIpc) is 3.21. The number of aromatic nitrogens is 2. The van der Waals surface area contributed by atoms with Gasteiger partial charge < -0.3 is 5.32 Å². The Morgan fingerprint density at radius 2 is 2.05 bits per heavy atom. The van der Waals surface area contributed by atoms with E-state index >= 15 is 0 Å². The molecule has 19 heavy (non-hydrogen) atoms. The van der Waals surface area contributed by atoms with Crippen LogP contribution in [-0.2, 0) is 5.41 Å². The summed E-state index contributed by atoms with van der Waals surface area (Å²) in [6, 6.07) is 10.1. The smallest absolute Gasteiger partial charge is 0.136 e. The van der Waals surface area contributed by atoms with Gasteiger partial charge in [0.05, 0.1) is 5.69 Å². The summed E-state index contributed by atoms with van der Waals surface area (Å²) in [7, 11) is 1.98. The van der Waals surface area contributed by atoms with Gasteiger partial charge in [0.2, 0.25) is 0 Å². The Labute approximate surface area is 121 Å². The van der Waals surface area contributed by atoms with Crippen LogP contribution in [-0.4, -0.2) is 23.6 Å². The van der Waals surface area contributed by atoms with E-state index in [0.29, 0.717) is 0 Å². The minimum absolute atomic E-state index is 0.159. The molecule has 3 nitrogen and oxygen atoms in total. The standard InChI is InChI=1S/C15H16BrN3/c1-17-10-15(7-8-15)14-18-9-6-13(19-14)11-4-2-3-5-12(11)16/h2-6,9,17H,7-8,10H2,1H3. The van der Waals surface area contributed by atoms with Crippen molar-refractivity contribution in [1.29, 1.82) is 0 Å². The maximum absolute atomic E-state index is 4.78. The molecule has 4 heteroatoms. The Hall–Kier alpha value is -1.26. The maximum Gasteiger partial charge on any atom is 0.136 e. The molecule has 98 valence electrons. The van der Waals surface area contributed by atoms with E-state index in [1.807, 2.05) is 37.5 Å². The molecular formula is C15H16BrN3.